The van der Waals surface area contributed by atoms with Gasteiger partial charge < -0.3 is 10.0 Å². The van der Waals surface area contributed by atoms with Gasteiger partial charge in [-0.1, -0.05) is 23.5 Å². The third kappa shape index (κ3) is 4.67. The van der Waals surface area contributed by atoms with Gasteiger partial charge >= 0.3 is 12.3 Å². The van der Waals surface area contributed by atoms with Gasteiger partial charge in [-0.25, -0.2) is 18.6 Å². The Morgan fingerprint density at radius 1 is 1.09 bits per heavy atom. The topological polar surface area (TPSA) is 73.7 Å². The van der Waals surface area contributed by atoms with Gasteiger partial charge in [0.2, 0.25) is 0 Å². The lowest BCUT2D eigenvalue weighted by molar-refractivity contribution is -0.136. The first-order valence-corrected chi connectivity index (χ1v) is 10.9. The van der Waals surface area contributed by atoms with Crippen molar-refractivity contribution in [1.29, 1.82) is 0 Å². The molecule has 0 saturated carbocycles. The molecule has 4 rings (SSSR count). The molecule has 2 aromatic carbocycles. The van der Waals surface area contributed by atoms with E-state index in [0.29, 0.717) is 16.9 Å². The largest absolute Gasteiger partial charge is 0.465 e. The van der Waals surface area contributed by atoms with E-state index < -0.39 is 42.5 Å². The maximum Gasteiger partial charge on any atom is 0.417 e. The van der Waals surface area contributed by atoms with E-state index in [2.05, 4.69) is 4.98 Å². The molecule has 12 heteroatoms. The van der Waals surface area contributed by atoms with Crippen LogP contribution in [0.5, 0.6) is 0 Å². The minimum atomic E-state index is -4.70. The van der Waals surface area contributed by atoms with E-state index in [4.69, 9.17) is 5.11 Å². The average molecular weight is 499 g/mol. The van der Waals surface area contributed by atoms with Crippen molar-refractivity contribution in [3.8, 4) is 11.1 Å². The first kappa shape index (κ1) is 23.9. The number of carbonyl (C=O) groups is 2. The van der Waals surface area contributed by atoms with Crippen LogP contribution < -0.4 is 4.90 Å². The van der Waals surface area contributed by atoms with Gasteiger partial charge in [0.05, 0.1) is 15.8 Å². The van der Waals surface area contributed by atoms with E-state index in [9.17, 15) is 31.5 Å². The summed E-state index contributed by atoms with van der Waals surface area (Å²) in [7, 11) is 1.19. The second-order valence-corrected chi connectivity index (χ2v) is 8.91. The number of piperidine rings is 1. The molecule has 0 radical (unpaired) electrons. The number of carboxylic acid groups (broad SMARTS) is 1. The fourth-order valence-electron chi connectivity index (χ4n) is 3.65. The number of amides is 2. The van der Waals surface area contributed by atoms with Crippen molar-refractivity contribution in [2.24, 2.45) is 0 Å². The molecule has 0 aliphatic carbocycles. The lowest BCUT2D eigenvalue weighted by Crippen LogP contribution is -2.42. The van der Waals surface area contributed by atoms with Crippen molar-refractivity contribution in [1.82, 2.24) is 9.88 Å². The van der Waals surface area contributed by atoms with Crippen LogP contribution in [0, 0.1) is 0 Å². The molecule has 3 aromatic rings. The fraction of sp³-hybridized carbons (Fsp3) is 0.318. The molecule has 1 aliphatic rings. The van der Waals surface area contributed by atoms with Gasteiger partial charge in [0, 0.05) is 38.5 Å². The van der Waals surface area contributed by atoms with E-state index in [1.165, 1.54) is 42.3 Å². The predicted molar refractivity (Wildman–Crippen MR) is 117 cm³/mol. The third-order valence-electron chi connectivity index (χ3n) is 5.61. The molecule has 0 atom stereocenters. The zero-order valence-corrected chi connectivity index (χ0v) is 18.5. The molecule has 2 amide bonds. The van der Waals surface area contributed by atoms with Gasteiger partial charge in [0.25, 0.3) is 11.8 Å². The molecule has 1 aliphatic heterocycles. The molecule has 6 nitrogen and oxygen atoms in total. The molecule has 1 N–H and O–H groups in total. The lowest BCUT2D eigenvalue weighted by atomic mass is 10.00. The number of thiazole rings is 1. The molecular weight excluding hydrogens is 481 g/mol. The Bertz CT molecular complexity index is 1250. The molecule has 0 unspecified atom stereocenters. The number of benzene rings is 2. The van der Waals surface area contributed by atoms with Crippen LogP contribution in [0.3, 0.4) is 0 Å². The molecule has 34 heavy (non-hydrogen) atoms. The smallest absolute Gasteiger partial charge is 0.417 e. The number of hydrogen-bond acceptors (Lipinski definition) is 4. The Labute approximate surface area is 194 Å². The Balaban J connectivity index is 1.67. The van der Waals surface area contributed by atoms with Crippen LogP contribution in [0.2, 0.25) is 0 Å². The van der Waals surface area contributed by atoms with Crippen molar-refractivity contribution in [2.75, 3.05) is 25.0 Å². The second-order valence-electron chi connectivity index (χ2n) is 7.93. The highest BCUT2D eigenvalue weighted by Gasteiger charge is 2.36. The lowest BCUT2D eigenvalue weighted by Gasteiger charge is -2.31. The van der Waals surface area contributed by atoms with E-state index in [1.807, 2.05) is 0 Å². The summed E-state index contributed by atoms with van der Waals surface area (Å²) in [6.07, 6.45) is -6.88. The molecule has 0 bridgehead atoms. The maximum absolute atomic E-state index is 13.8. The molecule has 1 fully saturated rings. The number of hydrogen-bond donors (Lipinski definition) is 1. The number of anilines is 1. The highest BCUT2D eigenvalue weighted by atomic mass is 32.1. The Morgan fingerprint density at radius 3 is 2.26 bits per heavy atom. The number of halogens is 5. The Kier molecular flexibility index (Phi) is 5.96. The summed E-state index contributed by atoms with van der Waals surface area (Å²) in [4.78, 5) is 29.9. The van der Waals surface area contributed by atoms with Crippen LogP contribution in [0.1, 0.15) is 28.8 Å². The van der Waals surface area contributed by atoms with Crippen LogP contribution in [-0.2, 0) is 6.18 Å². The standard InChI is InChI=1S/C22H18F5N3O3S/c1-29(20(32)33)19-28-16-11-14(10-15(17(16)34-19)22(25,26)27)12-2-4-13(5-3-12)18(31)30-8-6-21(23,24)7-9-30/h2-5,10-11H,6-9H2,1H3,(H,32,33). The Hall–Kier alpha value is -3.28. The fourth-order valence-corrected chi connectivity index (χ4v) is 4.68. The first-order chi connectivity index (χ1) is 15.9. The summed E-state index contributed by atoms with van der Waals surface area (Å²) in [6, 6.07) is 8.20. The molecular formula is C22H18F5N3O3S. The SMILES string of the molecule is CN(C(=O)O)c1nc2cc(-c3ccc(C(=O)N4CCC(F)(F)CC4)cc3)cc(C(F)(F)F)c2s1. The highest BCUT2D eigenvalue weighted by Crippen LogP contribution is 2.42. The number of nitrogens with zero attached hydrogens (tertiary/aromatic N) is 3. The van der Waals surface area contributed by atoms with Gasteiger partial charge in [0.1, 0.15) is 0 Å². The summed E-state index contributed by atoms with van der Waals surface area (Å²) >= 11 is 0.624. The van der Waals surface area contributed by atoms with Crippen molar-refractivity contribution in [3.63, 3.8) is 0 Å². The minimum absolute atomic E-state index is 0.00711. The van der Waals surface area contributed by atoms with Crippen LogP contribution in [0.15, 0.2) is 36.4 Å². The molecule has 1 aromatic heterocycles. The second kappa shape index (κ2) is 8.49. The van der Waals surface area contributed by atoms with Crippen LogP contribution in [-0.4, -0.2) is 53.1 Å². The third-order valence-corrected chi connectivity index (χ3v) is 6.79. The van der Waals surface area contributed by atoms with Gasteiger partial charge in [-0.2, -0.15) is 13.2 Å². The Morgan fingerprint density at radius 2 is 1.71 bits per heavy atom. The maximum atomic E-state index is 13.8. The monoisotopic (exact) mass is 499 g/mol. The average Bonchev–Trinajstić information content (AvgIpc) is 3.20. The van der Waals surface area contributed by atoms with Crippen LogP contribution in [0.4, 0.5) is 31.9 Å². The highest BCUT2D eigenvalue weighted by molar-refractivity contribution is 7.22. The quantitative estimate of drug-likeness (QED) is 0.451. The number of aromatic nitrogens is 1. The summed E-state index contributed by atoms with van der Waals surface area (Å²) < 4.78 is 67.8. The van der Waals surface area contributed by atoms with Crippen molar-refractivity contribution < 1.29 is 36.6 Å². The molecule has 2 heterocycles. The van der Waals surface area contributed by atoms with Gasteiger partial charge in [-0.05, 0) is 35.4 Å². The summed E-state index contributed by atoms with van der Waals surface area (Å²) in [5.74, 6) is -3.21. The minimum Gasteiger partial charge on any atom is -0.465 e. The number of likely N-dealkylation sites (tertiary alicyclic amines) is 1. The zero-order valence-electron chi connectivity index (χ0n) is 17.7. The molecule has 1 saturated heterocycles. The predicted octanol–water partition coefficient (Wildman–Crippen LogP) is 5.97. The first-order valence-electron chi connectivity index (χ1n) is 10.1. The van der Waals surface area contributed by atoms with Gasteiger partial charge in [-0.15, -0.1) is 0 Å². The van der Waals surface area contributed by atoms with E-state index in [1.54, 1.807) is 0 Å². The van der Waals surface area contributed by atoms with Crippen molar-refractivity contribution >= 4 is 38.7 Å². The summed E-state index contributed by atoms with van der Waals surface area (Å²) in [6.45, 7) is -0.147. The normalized spacial score (nSPS) is 16.0. The zero-order chi connectivity index (χ0) is 24.8. The number of carbonyl (C=O) groups excluding carboxylic acids is 1. The van der Waals surface area contributed by atoms with Crippen molar-refractivity contribution in [3.05, 3.63) is 47.5 Å². The number of fused-ring (bicyclic) bond motifs is 1. The number of rotatable bonds is 3. The van der Waals surface area contributed by atoms with E-state index >= 15 is 0 Å². The van der Waals surface area contributed by atoms with Gasteiger partial charge in [0.15, 0.2) is 5.13 Å². The van der Waals surface area contributed by atoms with E-state index in [-0.39, 0.29) is 39.6 Å². The van der Waals surface area contributed by atoms with E-state index in [0.717, 1.165) is 11.0 Å². The summed E-state index contributed by atoms with van der Waals surface area (Å²) in [5.41, 5.74) is -0.143. The van der Waals surface area contributed by atoms with Crippen LogP contribution in [0.25, 0.3) is 21.3 Å². The van der Waals surface area contributed by atoms with Crippen LogP contribution >= 0.6 is 11.3 Å². The van der Waals surface area contributed by atoms with Crippen molar-refractivity contribution in [2.45, 2.75) is 24.9 Å². The molecule has 180 valence electrons. The number of alkyl halides is 5. The van der Waals surface area contributed by atoms with Gasteiger partial charge in [-0.3, -0.25) is 9.69 Å². The summed E-state index contributed by atoms with van der Waals surface area (Å²) in [5, 5.41) is 9.02. The molecule has 0 spiro atoms.